The summed E-state index contributed by atoms with van der Waals surface area (Å²) >= 11 is 0. The lowest BCUT2D eigenvalue weighted by Crippen LogP contribution is -2.42. The highest BCUT2D eigenvalue weighted by molar-refractivity contribution is 5.85. The van der Waals surface area contributed by atoms with Crippen molar-refractivity contribution in [2.45, 2.75) is 19.8 Å². The topological polar surface area (TPSA) is 77.8 Å². The van der Waals surface area contributed by atoms with Gasteiger partial charge in [0.15, 0.2) is 0 Å². The van der Waals surface area contributed by atoms with E-state index in [0.717, 1.165) is 0 Å². The Morgan fingerprint density at radius 2 is 1.88 bits per heavy atom. The summed E-state index contributed by atoms with van der Waals surface area (Å²) in [6, 6.07) is 0. The Balaban J connectivity index is 2.77. The predicted molar refractivity (Wildman–Crippen MR) is 62.3 cm³/mol. The Morgan fingerprint density at radius 1 is 1.29 bits per heavy atom. The fraction of sp³-hybridized carbons (Fsp3) is 0.667. The number of amides is 1. The van der Waals surface area contributed by atoms with Crippen LogP contribution in [0.15, 0.2) is 12.2 Å². The molecule has 0 radical (unpaired) electrons. The predicted octanol–water partition coefficient (Wildman–Crippen LogP) is 0.494. The van der Waals surface area contributed by atoms with Crippen molar-refractivity contribution < 1.29 is 19.8 Å². The molecule has 0 saturated carbocycles. The van der Waals surface area contributed by atoms with Crippen LogP contribution in [0.1, 0.15) is 19.8 Å². The van der Waals surface area contributed by atoms with Gasteiger partial charge in [-0.2, -0.15) is 0 Å². The van der Waals surface area contributed by atoms with E-state index in [1.54, 1.807) is 0 Å². The molecule has 0 heterocycles. The number of carboxylic acids is 1. The Hall–Kier alpha value is -1.36. The number of allylic oxidation sites excluding steroid dienone is 2. The minimum atomic E-state index is -0.923. The largest absolute Gasteiger partial charge is 0.481 e. The number of aliphatic hydroxyl groups is 1. The van der Waals surface area contributed by atoms with E-state index < -0.39 is 17.8 Å². The van der Waals surface area contributed by atoms with Gasteiger partial charge < -0.3 is 15.1 Å². The Labute approximate surface area is 101 Å². The van der Waals surface area contributed by atoms with Crippen LogP contribution in [0.5, 0.6) is 0 Å². The van der Waals surface area contributed by atoms with Crippen molar-refractivity contribution in [2.75, 3.05) is 19.7 Å². The summed E-state index contributed by atoms with van der Waals surface area (Å²) in [4.78, 5) is 24.7. The average Bonchev–Trinajstić information content (AvgIpc) is 2.35. The molecule has 1 aliphatic carbocycles. The van der Waals surface area contributed by atoms with Crippen molar-refractivity contribution in [3.05, 3.63) is 12.2 Å². The molecule has 1 aliphatic rings. The summed E-state index contributed by atoms with van der Waals surface area (Å²) in [6.07, 6.45) is 4.54. The van der Waals surface area contributed by atoms with Crippen molar-refractivity contribution in [1.82, 2.24) is 4.90 Å². The Bertz CT molecular complexity index is 314. The first-order valence-corrected chi connectivity index (χ1v) is 5.89. The summed E-state index contributed by atoms with van der Waals surface area (Å²) < 4.78 is 0. The van der Waals surface area contributed by atoms with E-state index in [4.69, 9.17) is 10.2 Å². The molecule has 0 aromatic heterocycles. The minimum Gasteiger partial charge on any atom is -0.481 e. The van der Waals surface area contributed by atoms with E-state index in [2.05, 4.69) is 0 Å². The van der Waals surface area contributed by atoms with Gasteiger partial charge in [0.05, 0.1) is 18.4 Å². The lowest BCUT2D eigenvalue weighted by molar-refractivity contribution is -0.150. The van der Waals surface area contributed by atoms with Gasteiger partial charge in [-0.3, -0.25) is 9.59 Å². The van der Waals surface area contributed by atoms with Crippen LogP contribution >= 0.6 is 0 Å². The van der Waals surface area contributed by atoms with Gasteiger partial charge >= 0.3 is 5.97 Å². The molecule has 0 saturated heterocycles. The van der Waals surface area contributed by atoms with Gasteiger partial charge in [0.1, 0.15) is 0 Å². The van der Waals surface area contributed by atoms with Gasteiger partial charge in [0.25, 0.3) is 0 Å². The molecule has 0 aromatic rings. The molecule has 2 N–H and O–H groups in total. The molecule has 0 aromatic carbocycles. The number of nitrogens with zero attached hydrogens (tertiary/aromatic N) is 1. The van der Waals surface area contributed by atoms with Crippen molar-refractivity contribution in [3.8, 4) is 0 Å². The smallest absolute Gasteiger partial charge is 0.307 e. The van der Waals surface area contributed by atoms with Gasteiger partial charge in [-0.05, 0) is 19.8 Å². The van der Waals surface area contributed by atoms with Crippen molar-refractivity contribution in [2.24, 2.45) is 11.8 Å². The lowest BCUT2D eigenvalue weighted by atomic mass is 9.82. The molecule has 2 atom stereocenters. The second-order valence-electron chi connectivity index (χ2n) is 4.14. The summed E-state index contributed by atoms with van der Waals surface area (Å²) in [6.45, 7) is 2.48. The highest BCUT2D eigenvalue weighted by Crippen LogP contribution is 2.27. The number of aliphatic carboxylic acids is 1. The molecule has 0 spiro atoms. The number of carboxylic acid groups (broad SMARTS) is 1. The standard InChI is InChI=1S/C12H19NO4/c1-2-13(7-8-14)11(15)9-5-3-4-6-10(9)12(16)17/h3-4,9-10,14H,2,5-8H2,1H3,(H,16,17). The highest BCUT2D eigenvalue weighted by Gasteiger charge is 2.35. The first-order chi connectivity index (χ1) is 8.11. The third-order valence-corrected chi connectivity index (χ3v) is 3.13. The zero-order valence-corrected chi connectivity index (χ0v) is 10.0. The van der Waals surface area contributed by atoms with Gasteiger partial charge in [-0.15, -0.1) is 0 Å². The number of rotatable bonds is 5. The molecule has 17 heavy (non-hydrogen) atoms. The summed E-state index contributed by atoms with van der Waals surface area (Å²) in [5.74, 6) is -2.23. The summed E-state index contributed by atoms with van der Waals surface area (Å²) in [7, 11) is 0. The van der Waals surface area contributed by atoms with Gasteiger partial charge in [0.2, 0.25) is 5.91 Å². The highest BCUT2D eigenvalue weighted by atomic mass is 16.4. The molecule has 0 bridgehead atoms. The number of carbonyl (C=O) groups is 2. The third kappa shape index (κ3) is 3.30. The maximum absolute atomic E-state index is 12.2. The van der Waals surface area contributed by atoms with Gasteiger partial charge in [-0.25, -0.2) is 0 Å². The lowest BCUT2D eigenvalue weighted by Gasteiger charge is -2.30. The Kier molecular flexibility index (Phi) is 5.15. The van der Waals surface area contributed by atoms with Crippen LogP contribution in [-0.4, -0.2) is 46.7 Å². The first-order valence-electron chi connectivity index (χ1n) is 5.89. The molecule has 0 aliphatic heterocycles. The van der Waals surface area contributed by atoms with Gasteiger partial charge in [0, 0.05) is 13.1 Å². The number of likely N-dealkylation sites (N-methyl/N-ethyl adjacent to an activating group) is 1. The molecule has 1 amide bonds. The first kappa shape index (κ1) is 13.7. The molecule has 5 heteroatoms. The number of carbonyl (C=O) groups excluding carboxylic acids is 1. The third-order valence-electron chi connectivity index (χ3n) is 3.13. The number of hydrogen-bond acceptors (Lipinski definition) is 3. The van der Waals surface area contributed by atoms with Crippen LogP contribution in [0.4, 0.5) is 0 Å². The van der Waals surface area contributed by atoms with Crippen molar-refractivity contribution >= 4 is 11.9 Å². The van der Waals surface area contributed by atoms with E-state index in [1.807, 2.05) is 19.1 Å². The maximum Gasteiger partial charge on any atom is 0.307 e. The summed E-state index contributed by atoms with van der Waals surface area (Å²) in [5.41, 5.74) is 0. The normalized spacial score (nSPS) is 23.4. The Morgan fingerprint density at radius 3 is 2.35 bits per heavy atom. The average molecular weight is 241 g/mol. The van der Waals surface area contributed by atoms with Crippen LogP contribution in [0.3, 0.4) is 0 Å². The molecule has 2 unspecified atom stereocenters. The van der Waals surface area contributed by atoms with E-state index in [-0.39, 0.29) is 19.1 Å². The number of aliphatic hydroxyl groups excluding tert-OH is 1. The fourth-order valence-corrected chi connectivity index (χ4v) is 2.14. The van der Waals surface area contributed by atoms with Crippen LogP contribution in [0, 0.1) is 11.8 Å². The molecular weight excluding hydrogens is 222 g/mol. The van der Waals surface area contributed by atoms with E-state index in [9.17, 15) is 9.59 Å². The van der Waals surface area contributed by atoms with Gasteiger partial charge in [-0.1, -0.05) is 12.2 Å². The van der Waals surface area contributed by atoms with Crippen LogP contribution < -0.4 is 0 Å². The van der Waals surface area contributed by atoms with Crippen molar-refractivity contribution in [1.29, 1.82) is 0 Å². The van der Waals surface area contributed by atoms with Crippen LogP contribution in [0.25, 0.3) is 0 Å². The van der Waals surface area contributed by atoms with E-state index in [1.165, 1.54) is 4.90 Å². The molecular formula is C12H19NO4. The van der Waals surface area contributed by atoms with E-state index >= 15 is 0 Å². The summed E-state index contributed by atoms with van der Waals surface area (Å²) in [5, 5.41) is 18.0. The SMILES string of the molecule is CCN(CCO)C(=O)C1CC=CCC1C(=O)O. The molecule has 96 valence electrons. The molecule has 0 fully saturated rings. The fourth-order valence-electron chi connectivity index (χ4n) is 2.14. The second kappa shape index (κ2) is 6.39. The maximum atomic E-state index is 12.2. The second-order valence-corrected chi connectivity index (χ2v) is 4.14. The molecule has 5 nitrogen and oxygen atoms in total. The monoisotopic (exact) mass is 241 g/mol. The van der Waals surface area contributed by atoms with Crippen molar-refractivity contribution in [3.63, 3.8) is 0 Å². The zero-order chi connectivity index (χ0) is 12.8. The van der Waals surface area contributed by atoms with Crippen LogP contribution in [-0.2, 0) is 9.59 Å². The van der Waals surface area contributed by atoms with Crippen LogP contribution in [0.2, 0.25) is 0 Å². The quantitative estimate of drug-likeness (QED) is 0.687. The minimum absolute atomic E-state index is 0.0973. The zero-order valence-electron chi connectivity index (χ0n) is 10.0. The number of hydrogen-bond donors (Lipinski definition) is 2. The molecule has 1 rings (SSSR count). The van der Waals surface area contributed by atoms with E-state index in [0.29, 0.717) is 19.4 Å².